The maximum absolute atomic E-state index is 12.5. The fraction of sp³-hybridized carbons (Fsp3) is 0.188. The molecule has 0 aromatic heterocycles. The topological polar surface area (TPSA) is 68.8 Å². The smallest absolute Gasteiger partial charge is 0.273 e. The number of carbonyl (C=O) groups is 1. The number of hydrazine groups is 1. The molecule has 0 radical (unpaired) electrons. The van der Waals surface area contributed by atoms with Crippen LogP contribution in [-0.4, -0.2) is 27.2 Å². The summed E-state index contributed by atoms with van der Waals surface area (Å²) >= 11 is 18.0. The Morgan fingerprint density at radius 2 is 1.36 bits per heavy atom. The van der Waals surface area contributed by atoms with E-state index in [1.165, 1.54) is 39.5 Å². The summed E-state index contributed by atoms with van der Waals surface area (Å²) in [5.41, 5.74) is 5.73. The minimum atomic E-state index is -0.486. The molecule has 2 rings (SSSR count). The Hall–Kier alpha value is -2.02. The molecule has 0 unspecified atom stereocenters. The fourth-order valence-electron chi connectivity index (χ4n) is 2.05. The second-order valence-electron chi connectivity index (χ2n) is 4.73. The molecular formula is C16H15Cl3N2O4. The van der Waals surface area contributed by atoms with Crippen molar-refractivity contribution < 1.29 is 19.0 Å². The zero-order valence-corrected chi connectivity index (χ0v) is 15.8. The Kier molecular flexibility index (Phi) is 6.47. The summed E-state index contributed by atoms with van der Waals surface area (Å²) in [6, 6.07) is 6.05. The van der Waals surface area contributed by atoms with Crippen LogP contribution >= 0.6 is 34.8 Å². The van der Waals surface area contributed by atoms with Crippen molar-refractivity contribution in [2.24, 2.45) is 0 Å². The minimum absolute atomic E-state index is 0.230. The third-order valence-corrected chi connectivity index (χ3v) is 4.07. The van der Waals surface area contributed by atoms with Crippen LogP contribution in [0.5, 0.6) is 17.2 Å². The molecule has 0 fully saturated rings. The van der Waals surface area contributed by atoms with Crippen LogP contribution in [0.2, 0.25) is 15.1 Å². The normalized spacial score (nSPS) is 10.2. The van der Waals surface area contributed by atoms with E-state index in [0.29, 0.717) is 28.0 Å². The maximum atomic E-state index is 12.5. The Balaban J connectivity index is 2.27. The Labute approximate surface area is 159 Å². The Morgan fingerprint density at radius 3 is 1.88 bits per heavy atom. The second-order valence-corrected chi connectivity index (χ2v) is 5.98. The summed E-state index contributed by atoms with van der Waals surface area (Å²) in [6.45, 7) is 0. The summed E-state index contributed by atoms with van der Waals surface area (Å²) in [7, 11) is 4.40. The van der Waals surface area contributed by atoms with Gasteiger partial charge >= 0.3 is 0 Å². The number of nitrogens with one attached hydrogen (secondary N) is 2. The lowest BCUT2D eigenvalue weighted by Gasteiger charge is -2.15. The lowest BCUT2D eigenvalue weighted by Crippen LogP contribution is -2.30. The first-order valence-corrected chi connectivity index (χ1v) is 8.05. The van der Waals surface area contributed by atoms with Crippen LogP contribution in [0.3, 0.4) is 0 Å². The third kappa shape index (κ3) is 4.34. The number of anilines is 1. The van der Waals surface area contributed by atoms with Crippen molar-refractivity contribution in [1.82, 2.24) is 5.43 Å². The van der Waals surface area contributed by atoms with Crippen molar-refractivity contribution in [1.29, 1.82) is 0 Å². The first kappa shape index (κ1) is 19.3. The van der Waals surface area contributed by atoms with Gasteiger partial charge in [-0.25, -0.2) is 0 Å². The van der Waals surface area contributed by atoms with Gasteiger partial charge in [0.1, 0.15) is 5.75 Å². The SMILES string of the molecule is COc1cc(OC)c(C(=O)NNc2c(Cl)cc(Cl)cc2Cl)cc1OC. The highest BCUT2D eigenvalue weighted by molar-refractivity contribution is 6.41. The lowest BCUT2D eigenvalue weighted by atomic mass is 10.1. The quantitative estimate of drug-likeness (QED) is 0.696. The molecule has 1 amide bonds. The molecule has 0 aliphatic rings. The molecule has 2 aromatic rings. The number of hydrogen-bond acceptors (Lipinski definition) is 5. The molecule has 2 N–H and O–H groups in total. The van der Waals surface area contributed by atoms with E-state index in [4.69, 9.17) is 49.0 Å². The molecule has 134 valence electrons. The van der Waals surface area contributed by atoms with Gasteiger partial charge in [-0.3, -0.25) is 15.6 Å². The number of halogens is 3. The van der Waals surface area contributed by atoms with Crippen molar-refractivity contribution in [3.05, 3.63) is 44.9 Å². The largest absolute Gasteiger partial charge is 0.496 e. The van der Waals surface area contributed by atoms with Gasteiger partial charge in [0.05, 0.1) is 42.6 Å². The van der Waals surface area contributed by atoms with Crippen molar-refractivity contribution in [2.75, 3.05) is 26.8 Å². The van der Waals surface area contributed by atoms with E-state index in [0.717, 1.165) is 0 Å². The van der Waals surface area contributed by atoms with Gasteiger partial charge in [0.15, 0.2) is 11.5 Å². The van der Waals surface area contributed by atoms with Crippen LogP contribution in [0.4, 0.5) is 5.69 Å². The molecule has 0 saturated heterocycles. The van der Waals surface area contributed by atoms with Gasteiger partial charge in [-0.1, -0.05) is 34.8 Å². The zero-order valence-electron chi connectivity index (χ0n) is 13.6. The number of hydrogen-bond donors (Lipinski definition) is 2. The van der Waals surface area contributed by atoms with E-state index in [-0.39, 0.29) is 15.6 Å². The van der Waals surface area contributed by atoms with E-state index in [1.807, 2.05) is 0 Å². The van der Waals surface area contributed by atoms with Crippen molar-refractivity contribution >= 4 is 46.4 Å². The van der Waals surface area contributed by atoms with Crippen LogP contribution in [0.1, 0.15) is 10.4 Å². The van der Waals surface area contributed by atoms with E-state index in [1.54, 1.807) is 6.07 Å². The number of rotatable bonds is 6. The van der Waals surface area contributed by atoms with Crippen molar-refractivity contribution in [3.63, 3.8) is 0 Å². The molecule has 0 aliphatic carbocycles. The lowest BCUT2D eigenvalue weighted by molar-refractivity contribution is 0.0959. The van der Waals surface area contributed by atoms with Crippen molar-refractivity contribution in [3.8, 4) is 17.2 Å². The Morgan fingerprint density at radius 1 is 0.840 bits per heavy atom. The van der Waals surface area contributed by atoms with Crippen LogP contribution < -0.4 is 25.1 Å². The highest BCUT2D eigenvalue weighted by Gasteiger charge is 2.18. The number of methoxy groups -OCH3 is 3. The first-order chi connectivity index (χ1) is 11.9. The molecule has 9 heteroatoms. The van der Waals surface area contributed by atoms with Gasteiger partial charge < -0.3 is 14.2 Å². The molecule has 0 saturated carbocycles. The first-order valence-electron chi connectivity index (χ1n) is 6.92. The fourth-order valence-corrected chi connectivity index (χ4v) is 2.97. The molecule has 0 heterocycles. The van der Waals surface area contributed by atoms with E-state index < -0.39 is 5.91 Å². The van der Waals surface area contributed by atoms with E-state index >= 15 is 0 Å². The molecule has 2 aromatic carbocycles. The maximum Gasteiger partial charge on any atom is 0.273 e. The average Bonchev–Trinajstić information content (AvgIpc) is 2.59. The van der Waals surface area contributed by atoms with Crippen LogP contribution in [0.25, 0.3) is 0 Å². The minimum Gasteiger partial charge on any atom is -0.496 e. The zero-order chi connectivity index (χ0) is 18.6. The molecule has 0 atom stereocenters. The van der Waals surface area contributed by atoms with E-state index in [9.17, 15) is 4.79 Å². The summed E-state index contributed by atoms with van der Waals surface area (Å²) in [5, 5.41) is 0.905. The summed E-state index contributed by atoms with van der Waals surface area (Å²) in [5.74, 6) is 0.647. The van der Waals surface area contributed by atoms with Crippen LogP contribution in [-0.2, 0) is 0 Å². The highest BCUT2D eigenvalue weighted by Crippen LogP contribution is 2.35. The standard InChI is InChI=1S/C16H15Cl3N2O4/c1-23-12-7-14(25-3)13(24-2)6-9(12)16(22)21-20-15-10(18)4-8(17)5-11(15)19/h4-7,20H,1-3H3,(H,21,22). The number of benzene rings is 2. The van der Waals surface area contributed by atoms with Gasteiger partial charge in [0.25, 0.3) is 5.91 Å². The van der Waals surface area contributed by atoms with Crippen LogP contribution in [0, 0.1) is 0 Å². The Bertz CT molecular complexity index is 776. The van der Waals surface area contributed by atoms with E-state index in [2.05, 4.69) is 10.9 Å². The predicted molar refractivity (Wildman–Crippen MR) is 98.7 cm³/mol. The molecule has 0 aliphatic heterocycles. The molecule has 6 nitrogen and oxygen atoms in total. The highest BCUT2D eigenvalue weighted by atomic mass is 35.5. The van der Waals surface area contributed by atoms with Crippen molar-refractivity contribution in [2.45, 2.75) is 0 Å². The molecular weight excluding hydrogens is 391 g/mol. The van der Waals surface area contributed by atoms with Gasteiger partial charge in [-0.15, -0.1) is 0 Å². The van der Waals surface area contributed by atoms with Gasteiger partial charge in [-0.05, 0) is 12.1 Å². The monoisotopic (exact) mass is 404 g/mol. The molecule has 0 bridgehead atoms. The number of carbonyl (C=O) groups excluding carboxylic acids is 1. The third-order valence-electron chi connectivity index (χ3n) is 3.26. The second kappa shape index (κ2) is 8.38. The predicted octanol–water partition coefficient (Wildman–Crippen LogP) is 4.43. The number of amides is 1. The molecule has 25 heavy (non-hydrogen) atoms. The summed E-state index contributed by atoms with van der Waals surface area (Å²) < 4.78 is 15.6. The average molecular weight is 406 g/mol. The number of ether oxygens (including phenoxy) is 3. The summed E-state index contributed by atoms with van der Waals surface area (Å²) in [6.07, 6.45) is 0. The van der Waals surface area contributed by atoms with Gasteiger partial charge in [-0.2, -0.15) is 0 Å². The van der Waals surface area contributed by atoms with Gasteiger partial charge in [0, 0.05) is 17.2 Å². The van der Waals surface area contributed by atoms with Gasteiger partial charge in [0.2, 0.25) is 0 Å². The molecule has 0 spiro atoms. The van der Waals surface area contributed by atoms with Crippen LogP contribution in [0.15, 0.2) is 24.3 Å². The summed E-state index contributed by atoms with van der Waals surface area (Å²) in [4.78, 5) is 12.5.